The summed E-state index contributed by atoms with van der Waals surface area (Å²) >= 11 is 0. The summed E-state index contributed by atoms with van der Waals surface area (Å²) in [6.45, 7) is 1.14. The van der Waals surface area contributed by atoms with E-state index >= 15 is 0 Å². The SMILES string of the molecule is CN(CC1(O)CCOCC1)c1ccc(F)c(N)c1C(=O)O. The number of hydrogen-bond donors (Lipinski definition) is 3. The van der Waals surface area contributed by atoms with Gasteiger partial charge in [0.15, 0.2) is 0 Å². The van der Waals surface area contributed by atoms with Crippen molar-refractivity contribution in [2.75, 3.05) is 37.4 Å². The summed E-state index contributed by atoms with van der Waals surface area (Å²) in [5.74, 6) is -2.07. The molecule has 21 heavy (non-hydrogen) atoms. The third kappa shape index (κ3) is 3.25. The molecule has 0 aromatic heterocycles. The molecule has 0 amide bonds. The van der Waals surface area contributed by atoms with Crippen LogP contribution in [0, 0.1) is 5.82 Å². The molecule has 1 aromatic rings. The number of carboxylic acid groups (broad SMARTS) is 1. The molecule has 0 aliphatic carbocycles. The molecule has 0 radical (unpaired) electrons. The summed E-state index contributed by atoms with van der Waals surface area (Å²) < 4.78 is 18.7. The van der Waals surface area contributed by atoms with Crippen LogP contribution in [-0.4, -0.2) is 48.6 Å². The number of aromatic carboxylic acids is 1. The summed E-state index contributed by atoms with van der Waals surface area (Å²) in [6, 6.07) is 2.49. The van der Waals surface area contributed by atoms with Gasteiger partial charge in [0.2, 0.25) is 0 Å². The molecule has 0 bridgehead atoms. The second kappa shape index (κ2) is 5.87. The van der Waals surface area contributed by atoms with Crippen molar-refractivity contribution in [3.8, 4) is 0 Å². The van der Waals surface area contributed by atoms with Crippen LogP contribution in [0.25, 0.3) is 0 Å². The number of halogens is 1. The number of anilines is 2. The Balaban J connectivity index is 2.28. The number of likely N-dealkylation sites (N-methyl/N-ethyl adjacent to an activating group) is 1. The first-order valence-electron chi connectivity index (χ1n) is 6.66. The highest BCUT2D eigenvalue weighted by atomic mass is 19.1. The van der Waals surface area contributed by atoms with E-state index in [0.29, 0.717) is 26.1 Å². The van der Waals surface area contributed by atoms with Gasteiger partial charge in [0.05, 0.1) is 17.0 Å². The molecule has 7 heteroatoms. The van der Waals surface area contributed by atoms with Crippen LogP contribution in [0.2, 0.25) is 0 Å². The number of benzene rings is 1. The Kier molecular flexibility index (Phi) is 4.34. The molecule has 1 aromatic carbocycles. The van der Waals surface area contributed by atoms with Crippen LogP contribution < -0.4 is 10.6 Å². The number of ether oxygens (including phenoxy) is 1. The Labute approximate surface area is 121 Å². The summed E-state index contributed by atoms with van der Waals surface area (Å²) in [7, 11) is 1.65. The molecule has 1 heterocycles. The summed E-state index contributed by atoms with van der Waals surface area (Å²) in [6.07, 6.45) is 0.937. The number of nitrogens with two attached hydrogens (primary N) is 1. The first-order chi connectivity index (χ1) is 9.84. The Bertz CT molecular complexity index is 544. The number of carboxylic acids is 1. The van der Waals surface area contributed by atoms with Gasteiger partial charge in [-0.05, 0) is 12.1 Å². The lowest BCUT2D eigenvalue weighted by molar-refractivity contribution is -0.0572. The zero-order valence-corrected chi connectivity index (χ0v) is 11.8. The van der Waals surface area contributed by atoms with Gasteiger partial charge in [-0.15, -0.1) is 0 Å². The third-order valence-corrected chi connectivity index (χ3v) is 3.75. The van der Waals surface area contributed by atoms with Gasteiger partial charge >= 0.3 is 5.97 Å². The third-order valence-electron chi connectivity index (χ3n) is 3.75. The highest BCUT2D eigenvalue weighted by molar-refractivity contribution is 6.00. The van der Waals surface area contributed by atoms with Crippen LogP contribution in [0.1, 0.15) is 23.2 Å². The van der Waals surface area contributed by atoms with Crippen molar-refractivity contribution >= 4 is 17.3 Å². The average Bonchev–Trinajstić information content (AvgIpc) is 2.41. The van der Waals surface area contributed by atoms with E-state index in [1.165, 1.54) is 6.07 Å². The average molecular weight is 298 g/mol. The molecule has 1 saturated heterocycles. The van der Waals surface area contributed by atoms with Crippen LogP contribution >= 0.6 is 0 Å². The Hall–Kier alpha value is -1.86. The maximum atomic E-state index is 13.4. The van der Waals surface area contributed by atoms with Gasteiger partial charge in [0.25, 0.3) is 0 Å². The van der Waals surface area contributed by atoms with Crippen LogP contribution in [0.3, 0.4) is 0 Å². The van der Waals surface area contributed by atoms with E-state index < -0.39 is 23.1 Å². The molecule has 4 N–H and O–H groups in total. The molecule has 1 aliphatic heterocycles. The number of nitrogens with zero attached hydrogens (tertiary/aromatic N) is 1. The molecule has 0 saturated carbocycles. The minimum Gasteiger partial charge on any atom is -0.478 e. The normalized spacial score (nSPS) is 17.5. The van der Waals surface area contributed by atoms with Crippen molar-refractivity contribution in [3.63, 3.8) is 0 Å². The van der Waals surface area contributed by atoms with Crippen LogP contribution in [-0.2, 0) is 4.74 Å². The fraction of sp³-hybridized carbons (Fsp3) is 0.500. The van der Waals surface area contributed by atoms with Crippen molar-refractivity contribution in [2.24, 2.45) is 0 Å². The van der Waals surface area contributed by atoms with E-state index in [0.717, 1.165) is 6.07 Å². The maximum Gasteiger partial charge on any atom is 0.340 e. The fourth-order valence-corrected chi connectivity index (χ4v) is 2.56. The van der Waals surface area contributed by atoms with Crippen LogP contribution in [0.15, 0.2) is 12.1 Å². The van der Waals surface area contributed by atoms with Crippen molar-refractivity contribution < 1.29 is 24.1 Å². The number of hydrogen-bond acceptors (Lipinski definition) is 5. The smallest absolute Gasteiger partial charge is 0.340 e. The van der Waals surface area contributed by atoms with Crippen molar-refractivity contribution in [1.29, 1.82) is 0 Å². The lowest BCUT2D eigenvalue weighted by atomic mass is 9.93. The molecule has 116 valence electrons. The molecular weight excluding hydrogens is 279 g/mol. The maximum absolute atomic E-state index is 13.4. The van der Waals surface area contributed by atoms with Gasteiger partial charge in [-0.3, -0.25) is 0 Å². The van der Waals surface area contributed by atoms with Crippen LogP contribution in [0.5, 0.6) is 0 Å². The predicted octanol–water partition coefficient (Wildman–Crippen LogP) is 1.08. The molecule has 0 atom stereocenters. The second-order valence-electron chi connectivity index (χ2n) is 5.35. The zero-order chi connectivity index (χ0) is 15.6. The topological polar surface area (TPSA) is 96.0 Å². The Morgan fingerprint density at radius 3 is 2.67 bits per heavy atom. The van der Waals surface area contributed by atoms with E-state index in [1.807, 2.05) is 0 Å². The summed E-state index contributed by atoms with van der Waals surface area (Å²) in [5, 5.41) is 19.7. The van der Waals surface area contributed by atoms with Gasteiger partial charge in [-0.1, -0.05) is 0 Å². The largest absolute Gasteiger partial charge is 0.478 e. The number of carbonyl (C=O) groups is 1. The van der Waals surface area contributed by atoms with Crippen molar-refractivity contribution in [2.45, 2.75) is 18.4 Å². The molecule has 6 nitrogen and oxygen atoms in total. The van der Waals surface area contributed by atoms with E-state index in [9.17, 15) is 19.4 Å². The lowest BCUT2D eigenvalue weighted by Crippen LogP contribution is -2.46. The van der Waals surface area contributed by atoms with Gasteiger partial charge < -0.3 is 25.6 Å². The lowest BCUT2D eigenvalue weighted by Gasteiger charge is -2.36. The van der Waals surface area contributed by atoms with E-state index in [-0.39, 0.29) is 17.8 Å². The van der Waals surface area contributed by atoms with Crippen molar-refractivity contribution in [3.05, 3.63) is 23.5 Å². The summed E-state index contributed by atoms with van der Waals surface area (Å²) in [5.41, 5.74) is 4.17. The molecule has 2 rings (SSSR count). The second-order valence-corrected chi connectivity index (χ2v) is 5.35. The molecule has 1 aliphatic rings. The predicted molar refractivity (Wildman–Crippen MR) is 76.0 cm³/mol. The Morgan fingerprint density at radius 2 is 2.10 bits per heavy atom. The van der Waals surface area contributed by atoms with Gasteiger partial charge in [-0.2, -0.15) is 0 Å². The highest BCUT2D eigenvalue weighted by Gasteiger charge is 2.32. The number of nitrogen functional groups attached to an aromatic ring is 1. The molecular formula is C14H19FN2O4. The van der Waals surface area contributed by atoms with Gasteiger partial charge in [0, 0.05) is 39.6 Å². The van der Waals surface area contributed by atoms with Crippen molar-refractivity contribution in [1.82, 2.24) is 0 Å². The van der Waals surface area contributed by atoms with Crippen LogP contribution in [0.4, 0.5) is 15.8 Å². The molecule has 0 spiro atoms. The number of aliphatic hydroxyl groups is 1. The zero-order valence-electron chi connectivity index (χ0n) is 11.8. The standard InChI is InChI=1S/C14H19FN2O4/c1-17(8-14(20)4-6-21-7-5-14)10-3-2-9(15)12(16)11(10)13(18)19/h2-3,20H,4-8,16H2,1H3,(H,18,19). The molecule has 0 unspecified atom stereocenters. The summed E-state index contributed by atoms with van der Waals surface area (Å²) in [4.78, 5) is 12.9. The van der Waals surface area contributed by atoms with Gasteiger partial charge in [0.1, 0.15) is 11.4 Å². The quantitative estimate of drug-likeness (QED) is 0.720. The van der Waals surface area contributed by atoms with E-state index in [2.05, 4.69) is 0 Å². The van der Waals surface area contributed by atoms with E-state index in [1.54, 1.807) is 11.9 Å². The molecule has 1 fully saturated rings. The first kappa shape index (κ1) is 15.5. The monoisotopic (exact) mass is 298 g/mol. The fourth-order valence-electron chi connectivity index (χ4n) is 2.56. The Morgan fingerprint density at radius 1 is 1.48 bits per heavy atom. The minimum atomic E-state index is -1.30. The first-order valence-corrected chi connectivity index (χ1v) is 6.66. The van der Waals surface area contributed by atoms with E-state index in [4.69, 9.17) is 10.5 Å². The van der Waals surface area contributed by atoms with Gasteiger partial charge in [-0.25, -0.2) is 9.18 Å². The number of rotatable bonds is 4. The highest BCUT2D eigenvalue weighted by Crippen LogP contribution is 2.30. The minimum absolute atomic E-state index is 0.224.